The van der Waals surface area contributed by atoms with Gasteiger partial charge >= 0.3 is 0 Å². The van der Waals surface area contributed by atoms with Crippen LogP contribution in [0, 0.1) is 0 Å². The summed E-state index contributed by atoms with van der Waals surface area (Å²) in [6, 6.07) is 14.0. The highest BCUT2D eigenvalue weighted by molar-refractivity contribution is 9.10. The predicted molar refractivity (Wildman–Crippen MR) is 211 cm³/mol. The molecular formula is C36H41BrN11O3P. The molecule has 5 aromatic rings. The Kier molecular flexibility index (Phi) is 10.1. The van der Waals surface area contributed by atoms with Gasteiger partial charge in [0, 0.05) is 87.0 Å². The summed E-state index contributed by atoms with van der Waals surface area (Å²) in [6.07, 6.45) is 10.8. The van der Waals surface area contributed by atoms with Gasteiger partial charge in [-0.1, -0.05) is 0 Å². The van der Waals surface area contributed by atoms with Gasteiger partial charge in [0.25, 0.3) is 0 Å². The van der Waals surface area contributed by atoms with Gasteiger partial charge in [0.1, 0.15) is 25.0 Å². The standard InChI is InChI=1S/C36H41BrN11O3P/c1-45-21-24(18-41-45)27-16-30(32(50-2)17-31(27)47-13-11-46(12-14-47)26-7-6-10-38-19-26)43-36-39-20-28(37)35(44-36)42-29-9-8-25(15-33(29)52(4,5)49)48-22-34(51-3)40-23-48/h6-10,15-20,22-24H,11-14,21H2,1-5H3,(H2,39,42,43,44). The van der Waals surface area contributed by atoms with Crippen molar-refractivity contribution in [2.75, 3.05) is 87.8 Å². The zero-order chi connectivity index (χ0) is 36.4. The van der Waals surface area contributed by atoms with E-state index in [1.807, 2.05) is 53.3 Å². The number of imidazole rings is 1. The van der Waals surface area contributed by atoms with Crippen LogP contribution in [0.5, 0.6) is 11.6 Å². The molecule has 16 heteroatoms. The zero-order valence-corrected chi connectivity index (χ0v) is 32.2. The maximum Gasteiger partial charge on any atom is 0.231 e. The molecule has 7 rings (SSSR count). The lowest BCUT2D eigenvalue weighted by molar-refractivity contribution is 0.381. The summed E-state index contributed by atoms with van der Waals surface area (Å²) >= 11 is 3.61. The number of rotatable bonds is 11. The molecule has 3 aromatic heterocycles. The molecule has 0 amide bonds. The van der Waals surface area contributed by atoms with E-state index in [2.05, 4.69) is 74.6 Å². The molecule has 2 aliphatic heterocycles. The van der Waals surface area contributed by atoms with Crippen molar-refractivity contribution < 1.29 is 14.0 Å². The number of pyridine rings is 1. The van der Waals surface area contributed by atoms with Crippen LogP contribution in [-0.4, -0.2) is 103 Å². The van der Waals surface area contributed by atoms with E-state index >= 15 is 0 Å². The van der Waals surface area contributed by atoms with Crippen LogP contribution in [0.4, 0.5) is 34.5 Å². The van der Waals surface area contributed by atoms with Gasteiger partial charge < -0.3 is 39.0 Å². The number of methoxy groups -OCH3 is 2. The number of piperazine rings is 1. The minimum Gasteiger partial charge on any atom is -0.494 e. The van der Waals surface area contributed by atoms with Crippen molar-refractivity contribution in [3.8, 4) is 17.3 Å². The van der Waals surface area contributed by atoms with Gasteiger partial charge in [-0.15, -0.1) is 0 Å². The van der Waals surface area contributed by atoms with E-state index in [-0.39, 0.29) is 5.92 Å². The number of halogens is 1. The molecule has 2 aliphatic rings. The number of benzene rings is 2. The molecule has 1 saturated heterocycles. The highest BCUT2D eigenvalue weighted by atomic mass is 79.9. The number of aromatic nitrogens is 5. The first-order valence-electron chi connectivity index (χ1n) is 16.8. The Morgan fingerprint density at radius 3 is 2.40 bits per heavy atom. The average Bonchev–Trinajstić information content (AvgIpc) is 3.82. The van der Waals surface area contributed by atoms with Crippen molar-refractivity contribution >= 4 is 69.1 Å². The molecular weight excluding hydrogens is 745 g/mol. The first kappa shape index (κ1) is 35.3. The predicted octanol–water partition coefficient (Wildman–Crippen LogP) is 5.91. The van der Waals surface area contributed by atoms with Gasteiger partial charge in [0.15, 0.2) is 0 Å². The number of anilines is 6. The number of nitrogens with zero attached hydrogens (tertiary/aromatic N) is 9. The van der Waals surface area contributed by atoms with Crippen LogP contribution in [0.2, 0.25) is 0 Å². The van der Waals surface area contributed by atoms with Crippen LogP contribution in [0.3, 0.4) is 0 Å². The third-order valence-electron chi connectivity index (χ3n) is 9.16. The number of ether oxygens (including phenoxy) is 2. The molecule has 2 aromatic carbocycles. The number of likely N-dealkylation sites (N-methyl/N-ethyl adjacent to an activating group) is 1. The Morgan fingerprint density at radius 2 is 1.73 bits per heavy atom. The van der Waals surface area contributed by atoms with E-state index < -0.39 is 7.14 Å². The van der Waals surface area contributed by atoms with Crippen molar-refractivity contribution in [2.45, 2.75) is 5.92 Å². The number of hydrogen-bond acceptors (Lipinski definition) is 13. The molecule has 2 N–H and O–H groups in total. The summed E-state index contributed by atoms with van der Waals surface area (Å²) < 4.78 is 27.2. The summed E-state index contributed by atoms with van der Waals surface area (Å²) in [7, 11) is 2.49. The molecule has 0 saturated carbocycles. The van der Waals surface area contributed by atoms with E-state index in [1.165, 1.54) is 0 Å². The average molecular weight is 787 g/mol. The molecule has 1 unspecified atom stereocenters. The van der Waals surface area contributed by atoms with Crippen molar-refractivity contribution in [3.63, 3.8) is 0 Å². The first-order chi connectivity index (χ1) is 25.1. The molecule has 0 aliphatic carbocycles. The Balaban J connectivity index is 1.17. The maximum atomic E-state index is 13.5. The number of hydrazone groups is 1. The highest BCUT2D eigenvalue weighted by Gasteiger charge is 2.27. The molecule has 5 heterocycles. The van der Waals surface area contributed by atoms with Crippen LogP contribution in [-0.2, 0) is 4.57 Å². The number of hydrogen-bond donors (Lipinski definition) is 2. The van der Waals surface area contributed by atoms with Crippen molar-refractivity contribution in [1.29, 1.82) is 0 Å². The maximum absolute atomic E-state index is 13.5. The van der Waals surface area contributed by atoms with E-state index in [4.69, 9.17) is 14.5 Å². The van der Waals surface area contributed by atoms with Gasteiger partial charge in [0.05, 0.1) is 48.1 Å². The topological polar surface area (TPSA) is 138 Å². The lowest BCUT2D eigenvalue weighted by atomic mass is 9.96. The zero-order valence-electron chi connectivity index (χ0n) is 29.7. The smallest absolute Gasteiger partial charge is 0.231 e. The molecule has 0 radical (unpaired) electrons. The van der Waals surface area contributed by atoms with Crippen LogP contribution >= 0.6 is 23.1 Å². The fourth-order valence-corrected chi connectivity index (χ4v) is 7.91. The van der Waals surface area contributed by atoms with Crippen LogP contribution < -0.4 is 35.2 Å². The van der Waals surface area contributed by atoms with Gasteiger partial charge in [-0.2, -0.15) is 10.1 Å². The SMILES string of the molecule is COc1cn(-c2ccc(Nc3nc(Nc4cc(C5C=NN(C)C5)c(N5CCN(c6cccnc6)CC5)cc4OC)ncc3Br)c(P(C)(C)=O)c2)cn1. The van der Waals surface area contributed by atoms with Crippen molar-refractivity contribution in [1.82, 2.24) is 29.5 Å². The minimum absolute atomic E-state index is 0.0921. The second kappa shape index (κ2) is 14.8. The van der Waals surface area contributed by atoms with E-state index in [9.17, 15) is 4.57 Å². The summed E-state index contributed by atoms with van der Waals surface area (Å²) in [5, 5.41) is 14.0. The van der Waals surface area contributed by atoms with E-state index in [0.717, 1.165) is 61.0 Å². The minimum atomic E-state index is -2.73. The van der Waals surface area contributed by atoms with Crippen LogP contribution in [0.25, 0.3) is 5.69 Å². The van der Waals surface area contributed by atoms with Crippen LogP contribution in [0.1, 0.15) is 11.5 Å². The quantitative estimate of drug-likeness (QED) is 0.154. The third-order valence-corrected chi connectivity index (χ3v) is 11.3. The van der Waals surface area contributed by atoms with Gasteiger partial charge in [-0.05, 0) is 71.2 Å². The lowest BCUT2D eigenvalue weighted by Crippen LogP contribution is -2.47. The molecule has 1 atom stereocenters. The summed E-state index contributed by atoms with van der Waals surface area (Å²) in [4.78, 5) is 22.7. The second-order valence-corrected chi connectivity index (χ2v) is 17.1. The molecule has 270 valence electrons. The summed E-state index contributed by atoms with van der Waals surface area (Å²) in [5.74, 6) is 2.13. The molecule has 0 bridgehead atoms. The molecule has 52 heavy (non-hydrogen) atoms. The highest BCUT2D eigenvalue weighted by Crippen LogP contribution is 2.41. The summed E-state index contributed by atoms with van der Waals surface area (Å²) in [5.41, 5.74) is 5.61. The fourth-order valence-electron chi connectivity index (χ4n) is 6.47. The van der Waals surface area contributed by atoms with Crippen molar-refractivity contribution in [3.05, 3.63) is 83.6 Å². The normalized spacial score (nSPS) is 16.0. The Morgan fingerprint density at radius 1 is 0.923 bits per heavy atom. The molecule has 1 fully saturated rings. The Labute approximate surface area is 311 Å². The van der Waals surface area contributed by atoms with Crippen molar-refractivity contribution in [2.24, 2.45) is 5.10 Å². The summed E-state index contributed by atoms with van der Waals surface area (Å²) in [6.45, 7) is 7.72. The third kappa shape index (κ3) is 7.56. The first-order valence-corrected chi connectivity index (χ1v) is 20.2. The van der Waals surface area contributed by atoms with E-state index in [1.54, 1.807) is 52.5 Å². The Bertz CT molecular complexity index is 2130. The van der Waals surface area contributed by atoms with E-state index in [0.29, 0.717) is 38.9 Å². The van der Waals surface area contributed by atoms with Gasteiger partial charge in [-0.3, -0.25) is 9.99 Å². The van der Waals surface area contributed by atoms with Gasteiger partial charge in [-0.25, -0.2) is 9.97 Å². The van der Waals surface area contributed by atoms with Crippen LogP contribution in [0.15, 0.2) is 83.2 Å². The monoisotopic (exact) mass is 785 g/mol. The Hall–Kier alpha value is -5.14. The van der Waals surface area contributed by atoms with Gasteiger partial charge in [0.2, 0.25) is 11.8 Å². The molecule has 14 nitrogen and oxygen atoms in total. The molecule has 0 spiro atoms. The fraction of sp³-hybridized carbons (Fsp3) is 0.306. The number of nitrogens with one attached hydrogen (secondary N) is 2. The lowest BCUT2D eigenvalue weighted by Gasteiger charge is -2.38. The second-order valence-electron chi connectivity index (χ2n) is 13.0. The largest absolute Gasteiger partial charge is 0.494 e.